The quantitative estimate of drug-likeness (QED) is 0.861. The second kappa shape index (κ2) is 5.54. The fourth-order valence-electron chi connectivity index (χ4n) is 2.52. The summed E-state index contributed by atoms with van der Waals surface area (Å²) in [7, 11) is 2.02. The molecular weight excluding hydrogens is 210 g/mol. The first-order valence-electron chi connectivity index (χ1n) is 6.64. The molecule has 1 N–H and O–H groups in total. The average molecular weight is 233 g/mol. The number of rotatable bonds is 4. The minimum atomic E-state index is 0.336. The van der Waals surface area contributed by atoms with E-state index in [9.17, 15) is 0 Å². The Kier molecular flexibility index (Phi) is 4.06. The zero-order chi connectivity index (χ0) is 12.3. The van der Waals surface area contributed by atoms with Gasteiger partial charge in [-0.3, -0.25) is 0 Å². The van der Waals surface area contributed by atoms with Gasteiger partial charge in [0.05, 0.1) is 0 Å². The van der Waals surface area contributed by atoms with Gasteiger partial charge >= 0.3 is 0 Å². The Balaban J connectivity index is 2.05. The van der Waals surface area contributed by atoms with Crippen molar-refractivity contribution in [3.05, 3.63) is 29.8 Å². The molecule has 0 saturated heterocycles. The van der Waals surface area contributed by atoms with E-state index in [0.717, 1.165) is 12.2 Å². The summed E-state index contributed by atoms with van der Waals surface area (Å²) in [6.07, 6.45) is 3.99. The van der Waals surface area contributed by atoms with Gasteiger partial charge in [0, 0.05) is 6.04 Å². The molecule has 17 heavy (non-hydrogen) atoms. The van der Waals surface area contributed by atoms with Gasteiger partial charge in [-0.15, -0.1) is 0 Å². The zero-order valence-corrected chi connectivity index (χ0v) is 11.1. The lowest BCUT2D eigenvalue weighted by Crippen LogP contribution is -2.36. The molecule has 1 fully saturated rings. The van der Waals surface area contributed by atoms with Gasteiger partial charge in [-0.2, -0.15) is 0 Å². The molecule has 0 aliphatic heterocycles. The predicted octanol–water partition coefficient (Wildman–Crippen LogP) is 3.33. The molecule has 2 rings (SSSR count). The zero-order valence-electron chi connectivity index (χ0n) is 11.1. The third-order valence-electron chi connectivity index (χ3n) is 3.64. The molecule has 1 aliphatic carbocycles. The fraction of sp³-hybridized carbons (Fsp3) is 0.600. The molecule has 94 valence electrons. The van der Waals surface area contributed by atoms with E-state index in [0.29, 0.717) is 18.1 Å². The molecule has 1 saturated carbocycles. The number of ether oxygens (including phenoxy) is 1. The van der Waals surface area contributed by atoms with Crippen LogP contribution < -0.4 is 10.1 Å². The van der Waals surface area contributed by atoms with Crippen LogP contribution in [0.4, 0.5) is 0 Å². The van der Waals surface area contributed by atoms with Crippen LogP contribution in [0.25, 0.3) is 0 Å². The number of benzene rings is 1. The van der Waals surface area contributed by atoms with Gasteiger partial charge in [0.25, 0.3) is 0 Å². The average Bonchev–Trinajstić information content (AvgIpc) is 2.76. The molecule has 1 aromatic carbocycles. The van der Waals surface area contributed by atoms with Crippen LogP contribution in [0, 0.1) is 0 Å². The minimum Gasteiger partial charge on any atom is -0.489 e. The van der Waals surface area contributed by atoms with Crippen LogP contribution in [-0.2, 0) is 0 Å². The summed E-state index contributed by atoms with van der Waals surface area (Å²) in [4.78, 5) is 0. The highest BCUT2D eigenvalue weighted by atomic mass is 16.5. The number of nitrogens with one attached hydrogen (secondary N) is 1. The van der Waals surface area contributed by atoms with Crippen molar-refractivity contribution in [2.45, 2.75) is 51.2 Å². The molecule has 0 aromatic heterocycles. The van der Waals surface area contributed by atoms with Gasteiger partial charge in [0.15, 0.2) is 0 Å². The number of hydrogen-bond donors (Lipinski definition) is 1. The smallest absolute Gasteiger partial charge is 0.120 e. The van der Waals surface area contributed by atoms with E-state index >= 15 is 0 Å². The maximum atomic E-state index is 6.11. The first-order chi connectivity index (χ1) is 8.20. The van der Waals surface area contributed by atoms with Crippen LogP contribution in [0.5, 0.6) is 5.75 Å². The monoisotopic (exact) mass is 233 g/mol. The van der Waals surface area contributed by atoms with Crippen molar-refractivity contribution in [1.29, 1.82) is 0 Å². The summed E-state index contributed by atoms with van der Waals surface area (Å²) >= 11 is 0. The summed E-state index contributed by atoms with van der Waals surface area (Å²) in [6.45, 7) is 4.43. The van der Waals surface area contributed by atoms with Crippen LogP contribution >= 0.6 is 0 Å². The maximum Gasteiger partial charge on any atom is 0.120 e. The summed E-state index contributed by atoms with van der Waals surface area (Å²) in [6, 6.07) is 9.01. The fourth-order valence-corrected chi connectivity index (χ4v) is 2.52. The van der Waals surface area contributed by atoms with Crippen molar-refractivity contribution in [2.75, 3.05) is 7.05 Å². The number of likely N-dealkylation sites (N-methyl/N-ethyl adjacent to an activating group) is 1. The van der Waals surface area contributed by atoms with Crippen molar-refractivity contribution in [3.63, 3.8) is 0 Å². The van der Waals surface area contributed by atoms with Crippen molar-refractivity contribution >= 4 is 0 Å². The molecule has 0 spiro atoms. The maximum absolute atomic E-state index is 6.11. The van der Waals surface area contributed by atoms with Gasteiger partial charge in [0.2, 0.25) is 0 Å². The van der Waals surface area contributed by atoms with Crippen molar-refractivity contribution in [3.8, 4) is 5.75 Å². The Morgan fingerprint density at radius 1 is 1.29 bits per heavy atom. The van der Waals surface area contributed by atoms with E-state index in [2.05, 4.69) is 43.4 Å². The van der Waals surface area contributed by atoms with Crippen molar-refractivity contribution in [2.24, 2.45) is 0 Å². The van der Waals surface area contributed by atoms with E-state index in [1.54, 1.807) is 0 Å². The van der Waals surface area contributed by atoms with Crippen LogP contribution in [0.3, 0.4) is 0 Å². The van der Waals surface area contributed by atoms with Gasteiger partial charge in [-0.05, 0) is 49.9 Å². The first kappa shape index (κ1) is 12.4. The van der Waals surface area contributed by atoms with E-state index in [1.807, 2.05) is 7.05 Å². The highest BCUT2D eigenvalue weighted by Crippen LogP contribution is 2.26. The topological polar surface area (TPSA) is 21.3 Å². The molecule has 0 heterocycles. The second-order valence-electron chi connectivity index (χ2n) is 5.21. The lowest BCUT2D eigenvalue weighted by molar-refractivity contribution is 0.179. The van der Waals surface area contributed by atoms with E-state index in [1.165, 1.54) is 18.4 Å². The summed E-state index contributed by atoms with van der Waals surface area (Å²) in [5, 5.41) is 3.35. The van der Waals surface area contributed by atoms with Gasteiger partial charge < -0.3 is 10.1 Å². The molecule has 2 atom stereocenters. The summed E-state index contributed by atoms with van der Waals surface area (Å²) in [5.74, 6) is 1.57. The van der Waals surface area contributed by atoms with Crippen molar-refractivity contribution in [1.82, 2.24) is 5.32 Å². The molecule has 2 heteroatoms. The third kappa shape index (κ3) is 3.01. The summed E-state index contributed by atoms with van der Waals surface area (Å²) in [5.41, 5.74) is 1.35. The first-order valence-corrected chi connectivity index (χ1v) is 6.64. The molecule has 0 amide bonds. The van der Waals surface area contributed by atoms with Gasteiger partial charge in [-0.1, -0.05) is 26.0 Å². The number of hydrogen-bond acceptors (Lipinski definition) is 2. The van der Waals surface area contributed by atoms with Crippen LogP contribution in [0.15, 0.2) is 24.3 Å². The molecule has 1 aromatic rings. The largest absolute Gasteiger partial charge is 0.489 e. The summed E-state index contributed by atoms with van der Waals surface area (Å²) < 4.78 is 6.11. The third-order valence-corrected chi connectivity index (χ3v) is 3.64. The molecule has 2 unspecified atom stereocenters. The Morgan fingerprint density at radius 2 is 2.12 bits per heavy atom. The van der Waals surface area contributed by atoms with E-state index in [-0.39, 0.29) is 0 Å². The lowest BCUT2D eigenvalue weighted by atomic mass is 10.0. The Labute approximate surface area is 104 Å². The van der Waals surface area contributed by atoms with Crippen LogP contribution in [0.1, 0.15) is 44.6 Å². The SMILES string of the molecule is CNC1CCCC1Oc1cccc(C(C)C)c1. The van der Waals surface area contributed by atoms with Crippen LogP contribution in [-0.4, -0.2) is 19.2 Å². The van der Waals surface area contributed by atoms with E-state index in [4.69, 9.17) is 4.74 Å². The highest BCUT2D eigenvalue weighted by molar-refractivity contribution is 5.30. The normalized spacial score (nSPS) is 24.2. The molecular formula is C15H23NO. The Hall–Kier alpha value is -1.02. The molecule has 2 nitrogen and oxygen atoms in total. The molecule has 0 radical (unpaired) electrons. The lowest BCUT2D eigenvalue weighted by Gasteiger charge is -2.21. The molecule has 1 aliphatic rings. The highest BCUT2D eigenvalue weighted by Gasteiger charge is 2.27. The van der Waals surface area contributed by atoms with Gasteiger partial charge in [-0.25, -0.2) is 0 Å². The van der Waals surface area contributed by atoms with Gasteiger partial charge in [0.1, 0.15) is 11.9 Å². The Morgan fingerprint density at radius 3 is 2.82 bits per heavy atom. The second-order valence-corrected chi connectivity index (χ2v) is 5.21. The Bertz CT molecular complexity index is 362. The molecule has 0 bridgehead atoms. The van der Waals surface area contributed by atoms with Crippen LogP contribution in [0.2, 0.25) is 0 Å². The standard InChI is InChI=1S/C15H23NO/c1-11(2)12-6-4-7-13(10-12)17-15-9-5-8-14(15)16-3/h4,6-7,10-11,14-16H,5,8-9H2,1-3H3. The van der Waals surface area contributed by atoms with Crippen molar-refractivity contribution < 1.29 is 4.74 Å². The predicted molar refractivity (Wildman–Crippen MR) is 71.6 cm³/mol. The minimum absolute atomic E-state index is 0.336. The van der Waals surface area contributed by atoms with E-state index < -0.39 is 0 Å².